The fourth-order valence-electron chi connectivity index (χ4n) is 2.45. The second kappa shape index (κ2) is 7.31. The molecular formula is C18H13BrN2O4. The van der Waals surface area contributed by atoms with Crippen LogP contribution in [0.15, 0.2) is 65.1 Å². The van der Waals surface area contributed by atoms with Crippen LogP contribution in [0.5, 0.6) is 0 Å². The first kappa shape index (κ1) is 16.9. The van der Waals surface area contributed by atoms with Crippen molar-refractivity contribution in [2.75, 3.05) is 5.32 Å². The molecule has 1 amide bonds. The number of hydrogen-bond acceptors (Lipinski definition) is 4. The van der Waals surface area contributed by atoms with Crippen molar-refractivity contribution < 1.29 is 14.5 Å². The Morgan fingerprint density at radius 1 is 1.12 bits per heavy atom. The average molecular weight is 401 g/mol. The maximum atomic E-state index is 12.0. The van der Waals surface area contributed by atoms with Crippen LogP contribution in [0.4, 0.5) is 16.2 Å². The van der Waals surface area contributed by atoms with Gasteiger partial charge >= 0.3 is 11.8 Å². The van der Waals surface area contributed by atoms with Gasteiger partial charge in [-0.25, -0.2) is 4.79 Å². The number of carbonyl (C=O) groups is 1. The lowest BCUT2D eigenvalue weighted by molar-refractivity contribution is -0.382. The molecule has 0 aromatic heterocycles. The fraction of sp³-hybridized carbons (Fsp3) is 0.0556. The van der Waals surface area contributed by atoms with Gasteiger partial charge in [0.25, 0.3) is 0 Å². The van der Waals surface area contributed by atoms with Gasteiger partial charge < -0.3 is 4.74 Å². The van der Waals surface area contributed by atoms with E-state index in [9.17, 15) is 14.9 Å². The number of anilines is 1. The molecule has 0 saturated carbocycles. The predicted molar refractivity (Wildman–Crippen MR) is 98.6 cm³/mol. The summed E-state index contributed by atoms with van der Waals surface area (Å²) in [5.41, 5.74) is 0.759. The number of hydrogen-bond donors (Lipinski definition) is 1. The molecule has 3 aromatic rings. The number of carbonyl (C=O) groups excluding carboxylic acids is 1. The quantitative estimate of drug-likeness (QED) is 0.478. The van der Waals surface area contributed by atoms with Crippen LogP contribution in [-0.2, 0) is 11.3 Å². The van der Waals surface area contributed by atoms with Gasteiger partial charge in [0.1, 0.15) is 12.3 Å². The summed E-state index contributed by atoms with van der Waals surface area (Å²) in [6.45, 7) is 0.0843. The van der Waals surface area contributed by atoms with Crippen molar-refractivity contribution >= 4 is 44.2 Å². The van der Waals surface area contributed by atoms with E-state index in [0.29, 0.717) is 10.8 Å². The zero-order chi connectivity index (χ0) is 17.8. The summed E-state index contributed by atoms with van der Waals surface area (Å²) in [7, 11) is 0. The summed E-state index contributed by atoms with van der Waals surface area (Å²) in [6, 6.07) is 17.5. The molecule has 0 spiro atoms. The number of halogens is 1. The van der Waals surface area contributed by atoms with Crippen LogP contribution in [-0.4, -0.2) is 11.0 Å². The van der Waals surface area contributed by atoms with E-state index in [0.717, 1.165) is 10.0 Å². The molecule has 0 aliphatic heterocycles. The maximum absolute atomic E-state index is 12.0. The van der Waals surface area contributed by atoms with Crippen LogP contribution >= 0.6 is 15.9 Å². The van der Waals surface area contributed by atoms with Gasteiger partial charge in [-0.15, -0.1) is 0 Å². The summed E-state index contributed by atoms with van der Waals surface area (Å²) in [5.74, 6) is 0. The molecule has 0 saturated heterocycles. The molecule has 0 fully saturated rings. The van der Waals surface area contributed by atoms with Crippen LogP contribution in [0, 0.1) is 10.1 Å². The van der Waals surface area contributed by atoms with Gasteiger partial charge in [0, 0.05) is 4.47 Å². The van der Waals surface area contributed by atoms with Crippen LogP contribution in [0.25, 0.3) is 10.8 Å². The number of benzene rings is 3. The molecule has 3 rings (SSSR count). The lowest BCUT2D eigenvalue weighted by Gasteiger charge is -2.09. The largest absolute Gasteiger partial charge is 0.444 e. The van der Waals surface area contributed by atoms with E-state index in [4.69, 9.17) is 4.74 Å². The topological polar surface area (TPSA) is 81.5 Å². The minimum absolute atomic E-state index is 0.0843. The smallest absolute Gasteiger partial charge is 0.412 e. The first-order valence-electron chi connectivity index (χ1n) is 7.39. The molecule has 126 valence electrons. The van der Waals surface area contributed by atoms with Crippen molar-refractivity contribution in [3.05, 3.63) is 80.8 Å². The van der Waals surface area contributed by atoms with Gasteiger partial charge in [0.15, 0.2) is 0 Å². The number of nitro benzene ring substituents is 1. The van der Waals surface area contributed by atoms with Gasteiger partial charge in [0.2, 0.25) is 0 Å². The average Bonchev–Trinajstić information content (AvgIpc) is 2.60. The molecule has 6 nitrogen and oxygen atoms in total. The molecule has 25 heavy (non-hydrogen) atoms. The number of nitrogens with one attached hydrogen (secondary N) is 1. The van der Waals surface area contributed by atoms with Gasteiger partial charge in [-0.2, -0.15) is 0 Å². The maximum Gasteiger partial charge on any atom is 0.412 e. The van der Waals surface area contributed by atoms with E-state index in [1.165, 1.54) is 6.07 Å². The number of nitrogens with zero attached hydrogens (tertiary/aromatic N) is 1. The van der Waals surface area contributed by atoms with E-state index in [-0.39, 0.29) is 18.0 Å². The Balaban J connectivity index is 1.83. The van der Waals surface area contributed by atoms with Crippen molar-refractivity contribution in [3.8, 4) is 0 Å². The van der Waals surface area contributed by atoms with Crippen LogP contribution < -0.4 is 5.32 Å². The van der Waals surface area contributed by atoms with Crippen molar-refractivity contribution in [2.24, 2.45) is 0 Å². The summed E-state index contributed by atoms with van der Waals surface area (Å²) < 4.78 is 5.93. The zero-order valence-electron chi connectivity index (χ0n) is 12.9. The highest BCUT2D eigenvalue weighted by Gasteiger charge is 2.20. The molecule has 3 aromatic carbocycles. The first-order valence-corrected chi connectivity index (χ1v) is 8.18. The van der Waals surface area contributed by atoms with Gasteiger partial charge in [-0.1, -0.05) is 52.3 Å². The third-order valence-corrected chi connectivity index (χ3v) is 4.08. The van der Waals surface area contributed by atoms with E-state index in [1.807, 2.05) is 30.3 Å². The van der Waals surface area contributed by atoms with Crippen LogP contribution in [0.2, 0.25) is 0 Å². The molecule has 7 heteroatoms. The molecular weight excluding hydrogens is 388 g/mol. The predicted octanol–water partition coefficient (Wildman–Crippen LogP) is 5.26. The monoisotopic (exact) mass is 400 g/mol. The van der Waals surface area contributed by atoms with Crippen molar-refractivity contribution in [3.63, 3.8) is 0 Å². The molecule has 1 N–H and O–H groups in total. The number of fused-ring (bicyclic) bond motifs is 1. The minimum atomic E-state index is -0.747. The van der Waals surface area contributed by atoms with Crippen LogP contribution in [0.1, 0.15) is 5.56 Å². The van der Waals surface area contributed by atoms with E-state index in [2.05, 4.69) is 21.2 Å². The normalized spacial score (nSPS) is 10.4. The van der Waals surface area contributed by atoms with Crippen molar-refractivity contribution in [2.45, 2.75) is 6.61 Å². The summed E-state index contributed by atoms with van der Waals surface area (Å²) in [6.07, 6.45) is -0.747. The Bertz CT molecular complexity index is 944. The molecule has 0 unspecified atom stereocenters. The van der Waals surface area contributed by atoms with Crippen LogP contribution in [0.3, 0.4) is 0 Å². The highest BCUT2D eigenvalue weighted by Crippen LogP contribution is 2.34. The Hall–Kier alpha value is -2.93. The second-order valence-electron chi connectivity index (χ2n) is 5.27. The summed E-state index contributed by atoms with van der Waals surface area (Å²) in [5, 5.41) is 15.1. The number of rotatable bonds is 4. The highest BCUT2D eigenvalue weighted by molar-refractivity contribution is 9.10. The zero-order valence-corrected chi connectivity index (χ0v) is 14.5. The number of ether oxygens (including phenoxy) is 1. The Morgan fingerprint density at radius 3 is 2.60 bits per heavy atom. The number of amides is 1. The number of nitro groups is 1. The Labute approximate surface area is 151 Å². The second-order valence-corrected chi connectivity index (χ2v) is 6.19. The SMILES string of the molecule is O=C(Nc1ccc2cc(Br)ccc2c1[N+](=O)[O-])OCc1ccccc1. The molecule has 0 heterocycles. The highest BCUT2D eigenvalue weighted by atomic mass is 79.9. The standard InChI is InChI=1S/C18H13BrN2O4/c19-14-7-8-15-13(10-14)6-9-16(17(15)21(23)24)20-18(22)25-11-12-4-2-1-3-5-12/h1-10H,11H2,(H,20,22). The molecule has 0 bridgehead atoms. The molecule has 0 radical (unpaired) electrons. The fourth-order valence-corrected chi connectivity index (χ4v) is 2.83. The van der Waals surface area contributed by atoms with Crippen molar-refractivity contribution in [1.82, 2.24) is 0 Å². The first-order chi connectivity index (χ1) is 12.0. The lowest BCUT2D eigenvalue weighted by atomic mass is 10.1. The summed E-state index contributed by atoms with van der Waals surface area (Å²) in [4.78, 5) is 23.0. The third-order valence-electron chi connectivity index (χ3n) is 3.59. The van der Waals surface area contributed by atoms with Crippen molar-refractivity contribution in [1.29, 1.82) is 0 Å². The minimum Gasteiger partial charge on any atom is -0.444 e. The Morgan fingerprint density at radius 2 is 1.88 bits per heavy atom. The van der Waals surface area contributed by atoms with Gasteiger partial charge in [-0.05, 0) is 35.2 Å². The van der Waals surface area contributed by atoms with E-state index in [1.54, 1.807) is 24.3 Å². The summed E-state index contributed by atoms with van der Waals surface area (Å²) >= 11 is 3.34. The van der Waals surface area contributed by atoms with Gasteiger partial charge in [0.05, 0.1) is 10.3 Å². The van der Waals surface area contributed by atoms with E-state index >= 15 is 0 Å². The molecule has 0 atom stereocenters. The molecule has 0 aliphatic carbocycles. The third kappa shape index (κ3) is 3.95. The molecule has 0 aliphatic rings. The lowest BCUT2D eigenvalue weighted by Crippen LogP contribution is -2.14. The van der Waals surface area contributed by atoms with Gasteiger partial charge in [-0.3, -0.25) is 15.4 Å². The van der Waals surface area contributed by atoms with E-state index < -0.39 is 11.0 Å². The Kier molecular flexibility index (Phi) is 4.95.